The predicted molar refractivity (Wildman–Crippen MR) is 68.3 cm³/mol. The summed E-state index contributed by atoms with van der Waals surface area (Å²) in [5.74, 6) is 0. The van der Waals surface area contributed by atoms with E-state index in [1.54, 1.807) is 6.92 Å². The second kappa shape index (κ2) is 5.84. The van der Waals surface area contributed by atoms with E-state index in [2.05, 4.69) is 8.91 Å². The number of nitrogens with two attached hydrogens (primary N) is 1. The van der Waals surface area contributed by atoms with Crippen molar-refractivity contribution in [2.45, 2.75) is 11.8 Å². The van der Waals surface area contributed by atoms with Gasteiger partial charge >= 0.3 is 10.4 Å². The number of hydrogen-bond acceptors (Lipinski definition) is 6. The van der Waals surface area contributed by atoms with Crippen molar-refractivity contribution in [1.29, 1.82) is 0 Å². The van der Waals surface area contributed by atoms with Crippen LogP contribution in [0.15, 0.2) is 23.1 Å². The van der Waals surface area contributed by atoms with Crippen LogP contribution in [-0.4, -0.2) is 34.5 Å². The first-order valence-corrected chi connectivity index (χ1v) is 7.94. The molecule has 0 saturated heterocycles. The summed E-state index contributed by atoms with van der Waals surface area (Å²) in [5, 5.41) is 0. The predicted octanol–water partition coefficient (Wildman–Crippen LogP) is -0.325. The van der Waals surface area contributed by atoms with Gasteiger partial charge < -0.3 is 5.73 Å². The number of sulfonamides is 1. The highest BCUT2D eigenvalue weighted by Crippen LogP contribution is 2.16. The van der Waals surface area contributed by atoms with Gasteiger partial charge in [-0.25, -0.2) is 17.3 Å². The summed E-state index contributed by atoms with van der Waals surface area (Å²) < 4.78 is 58.5. The molecule has 0 saturated carbocycles. The highest BCUT2D eigenvalue weighted by atomic mass is 32.3. The molecule has 0 spiro atoms. The first-order valence-electron chi connectivity index (χ1n) is 5.09. The number of anilines is 1. The van der Waals surface area contributed by atoms with Gasteiger partial charge in [0, 0.05) is 12.2 Å². The van der Waals surface area contributed by atoms with Crippen LogP contribution in [0.25, 0.3) is 0 Å². The molecule has 0 fully saturated rings. The Labute approximate surface area is 111 Å². The molecule has 0 aromatic heterocycles. The average molecular weight is 310 g/mol. The van der Waals surface area contributed by atoms with Crippen molar-refractivity contribution < 1.29 is 25.6 Å². The third kappa shape index (κ3) is 5.12. The number of benzene rings is 1. The van der Waals surface area contributed by atoms with Gasteiger partial charge in [0.2, 0.25) is 10.0 Å². The average Bonchev–Trinajstić information content (AvgIpc) is 2.27. The lowest BCUT2D eigenvalue weighted by atomic mass is 10.2. The second-order valence-electron chi connectivity index (χ2n) is 3.67. The van der Waals surface area contributed by atoms with Crippen LogP contribution in [0.1, 0.15) is 5.56 Å². The van der Waals surface area contributed by atoms with Crippen molar-refractivity contribution in [2.75, 3.05) is 18.9 Å². The first kappa shape index (κ1) is 15.9. The van der Waals surface area contributed by atoms with E-state index in [0.29, 0.717) is 11.3 Å². The van der Waals surface area contributed by atoms with Crippen LogP contribution in [0.3, 0.4) is 0 Å². The molecule has 1 aromatic carbocycles. The number of aryl methyl sites for hydroxylation is 1. The number of nitrogen functional groups attached to an aromatic ring is 1. The van der Waals surface area contributed by atoms with Gasteiger partial charge in [-0.15, -0.1) is 0 Å². The summed E-state index contributed by atoms with van der Waals surface area (Å²) in [6, 6.07) is 4.17. The van der Waals surface area contributed by atoms with Gasteiger partial charge in [0.25, 0.3) is 0 Å². The molecule has 0 aliphatic rings. The minimum Gasteiger partial charge on any atom is -0.399 e. The summed E-state index contributed by atoms with van der Waals surface area (Å²) in [6.45, 7) is 0.855. The maximum Gasteiger partial charge on any atom is 0.397 e. The van der Waals surface area contributed by atoms with Gasteiger partial charge in [-0.1, -0.05) is 0 Å². The molecule has 1 rings (SSSR count). The highest BCUT2D eigenvalue weighted by molar-refractivity contribution is 7.89. The van der Waals surface area contributed by atoms with E-state index in [0.717, 1.165) is 0 Å². The molecule has 0 amide bonds. The molecule has 8 nitrogen and oxygen atoms in total. The van der Waals surface area contributed by atoms with Crippen LogP contribution in [0.4, 0.5) is 5.69 Å². The van der Waals surface area contributed by atoms with Gasteiger partial charge in [0.05, 0.1) is 11.5 Å². The zero-order valence-electron chi connectivity index (χ0n) is 10.0. The Balaban J connectivity index is 2.68. The Bertz CT molecular complexity index is 653. The molecular weight excluding hydrogens is 296 g/mol. The van der Waals surface area contributed by atoms with E-state index in [4.69, 9.17) is 10.3 Å². The smallest absolute Gasteiger partial charge is 0.397 e. The number of rotatable bonds is 6. The lowest BCUT2D eigenvalue weighted by Crippen LogP contribution is -2.28. The monoisotopic (exact) mass is 310 g/mol. The van der Waals surface area contributed by atoms with E-state index >= 15 is 0 Å². The quantitative estimate of drug-likeness (QED) is 0.372. The Kier molecular flexibility index (Phi) is 4.87. The molecule has 19 heavy (non-hydrogen) atoms. The molecule has 0 bridgehead atoms. The van der Waals surface area contributed by atoms with E-state index in [1.807, 2.05) is 0 Å². The first-order chi connectivity index (χ1) is 8.62. The Morgan fingerprint density at radius 3 is 2.47 bits per heavy atom. The van der Waals surface area contributed by atoms with Crippen molar-refractivity contribution in [3.05, 3.63) is 23.8 Å². The molecule has 0 heterocycles. The van der Waals surface area contributed by atoms with Gasteiger partial charge in [-0.3, -0.25) is 4.55 Å². The summed E-state index contributed by atoms with van der Waals surface area (Å²) in [4.78, 5) is 0.00561. The van der Waals surface area contributed by atoms with E-state index in [1.165, 1.54) is 18.2 Å². The number of nitrogens with one attached hydrogen (secondary N) is 1. The Hall–Kier alpha value is -1.20. The van der Waals surface area contributed by atoms with Crippen LogP contribution in [-0.2, 0) is 24.6 Å². The summed E-state index contributed by atoms with van der Waals surface area (Å²) in [5.41, 5.74) is 6.65. The summed E-state index contributed by atoms with van der Waals surface area (Å²) in [6.07, 6.45) is 0. The van der Waals surface area contributed by atoms with E-state index in [9.17, 15) is 16.8 Å². The van der Waals surface area contributed by atoms with Crippen LogP contribution in [0.2, 0.25) is 0 Å². The minimum absolute atomic E-state index is 0.00561. The molecule has 0 atom stereocenters. The molecule has 10 heteroatoms. The molecule has 0 radical (unpaired) electrons. The fourth-order valence-electron chi connectivity index (χ4n) is 1.22. The van der Waals surface area contributed by atoms with Gasteiger partial charge in [0.15, 0.2) is 0 Å². The molecular formula is C9H14N2O6S2. The highest BCUT2D eigenvalue weighted by Gasteiger charge is 2.14. The maximum absolute atomic E-state index is 11.8. The Morgan fingerprint density at radius 2 is 1.95 bits per heavy atom. The molecule has 4 N–H and O–H groups in total. The van der Waals surface area contributed by atoms with Crippen molar-refractivity contribution in [3.63, 3.8) is 0 Å². The third-order valence-corrected chi connectivity index (χ3v) is 4.10. The number of hydrogen-bond donors (Lipinski definition) is 3. The second-order valence-corrected chi connectivity index (χ2v) is 6.52. The maximum atomic E-state index is 11.8. The summed E-state index contributed by atoms with van der Waals surface area (Å²) in [7, 11) is -8.35. The van der Waals surface area contributed by atoms with E-state index in [-0.39, 0.29) is 11.4 Å². The standard InChI is InChI=1S/C9H14N2O6S2/c1-7-6-8(2-3-9(7)10)18(12,13)11-4-5-17-19(14,15)16/h2-3,6,11H,4-5,10H2,1H3,(H,14,15,16). The fourth-order valence-corrected chi connectivity index (χ4v) is 2.61. The SMILES string of the molecule is Cc1cc(S(=O)(=O)NCCOS(=O)(=O)O)ccc1N. The fraction of sp³-hybridized carbons (Fsp3) is 0.333. The van der Waals surface area contributed by atoms with Gasteiger partial charge in [-0.2, -0.15) is 8.42 Å². The van der Waals surface area contributed by atoms with Crippen LogP contribution < -0.4 is 10.5 Å². The molecule has 0 aliphatic carbocycles. The van der Waals surface area contributed by atoms with Gasteiger partial charge in [0.1, 0.15) is 0 Å². The molecule has 108 valence electrons. The van der Waals surface area contributed by atoms with Crippen LogP contribution >= 0.6 is 0 Å². The third-order valence-electron chi connectivity index (χ3n) is 2.18. The topological polar surface area (TPSA) is 136 Å². The van der Waals surface area contributed by atoms with Crippen molar-refractivity contribution in [2.24, 2.45) is 0 Å². The van der Waals surface area contributed by atoms with E-state index < -0.39 is 27.0 Å². The van der Waals surface area contributed by atoms with Crippen molar-refractivity contribution >= 4 is 26.1 Å². The van der Waals surface area contributed by atoms with Crippen LogP contribution in [0, 0.1) is 6.92 Å². The lowest BCUT2D eigenvalue weighted by molar-refractivity contribution is 0.272. The molecule has 1 aromatic rings. The van der Waals surface area contributed by atoms with Crippen molar-refractivity contribution in [1.82, 2.24) is 4.72 Å². The normalized spacial score (nSPS) is 12.5. The summed E-state index contributed by atoms with van der Waals surface area (Å²) >= 11 is 0. The molecule has 0 unspecified atom stereocenters. The van der Waals surface area contributed by atoms with Crippen molar-refractivity contribution in [3.8, 4) is 0 Å². The Morgan fingerprint density at radius 1 is 1.32 bits per heavy atom. The minimum atomic E-state index is -4.57. The zero-order valence-corrected chi connectivity index (χ0v) is 11.7. The lowest BCUT2D eigenvalue weighted by Gasteiger charge is -2.08. The largest absolute Gasteiger partial charge is 0.399 e. The van der Waals surface area contributed by atoms with Crippen LogP contribution in [0.5, 0.6) is 0 Å². The zero-order chi connectivity index (χ0) is 14.7. The van der Waals surface area contributed by atoms with Gasteiger partial charge in [-0.05, 0) is 30.7 Å². The molecule has 0 aliphatic heterocycles.